The lowest BCUT2D eigenvalue weighted by atomic mass is 9.92. The van der Waals surface area contributed by atoms with Gasteiger partial charge in [-0.3, -0.25) is 4.79 Å². The van der Waals surface area contributed by atoms with Crippen LogP contribution >= 0.6 is 23.2 Å². The summed E-state index contributed by atoms with van der Waals surface area (Å²) in [6, 6.07) is 14.9. The van der Waals surface area contributed by atoms with Gasteiger partial charge < -0.3 is 15.0 Å². The number of amides is 1. The summed E-state index contributed by atoms with van der Waals surface area (Å²) in [4.78, 5) is 14.4. The van der Waals surface area contributed by atoms with Crippen molar-refractivity contribution in [2.75, 3.05) is 33.3 Å². The van der Waals surface area contributed by atoms with Gasteiger partial charge in [0.05, 0.1) is 22.8 Å². The number of carbonyl (C=O) groups excluding carboxylic acids is 1. The number of halogens is 2. The van der Waals surface area contributed by atoms with Crippen LogP contribution in [0, 0.1) is 0 Å². The summed E-state index contributed by atoms with van der Waals surface area (Å²) in [6.45, 7) is 2.65. The molecule has 138 valence electrons. The Bertz CT molecular complexity index is 755. The second kappa shape index (κ2) is 8.87. The summed E-state index contributed by atoms with van der Waals surface area (Å²) in [7, 11) is 1.81. The zero-order valence-electron chi connectivity index (χ0n) is 14.6. The fourth-order valence-electron chi connectivity index (χ4n) is 3.20. The molecule has 4 nitrogen and oxygen atoms in total. The van der Waals surface area contributed by atoms with Crippen molar-refractivity contribution in [1.29, 1.82) is 0 Å². The first kappa shape index (κ1) is 19.2. The molecule has 0 unspecified atom stereocenters. The molecule has 26 heavy (non-hydrogen) atoms. The van der Waals surface area contributed by atoms with Gasteiger partial charge in [-0.15, -0.1) is 0 Å². The van der Waals surface area contributed by atoms with Crippen LogP contribution in [0.4, 0.5) is 0 Å². The lowest BCUT2D eigenvalue weighted by Gasteiger charge is -2.29. The standard InChI is InChI=1S/C20H22Cl2N2O2/c1-24(20(25)14-5-3-2-4-6-14)13-19-16(12-23-9-10-26-19)15-7-8-17(21)18(22)11-15/h2-8,11,16,19,23H,9-10,12-13H2,1H3/t16-,19+/m1/s1. The quantitative estimate of drug-likeness (QED) is 0.859. The van der Waals surface area contributed by atoms with Crippen LogP contribution in [0.3, 0.4) is 0 Å². The molecule has 1 heterocycles. The van der Waals surface area contributed by atoms with E-state index in [-0.39, 0.29) is 17.9 Å². The Kier molecular flexibility index (Phi) is 6.54. The molecule has 3 rings (SSSR count). The molecule has 0 aromatic heterocycles. The molecular formula is C20H22Cl2N2O2. The highest BCUT2D eigenvalue weighted by atomic mass is 35.5. The Morgan fingerprint density at radius 1 is 1.19 bits per heavy atom. The number of nitrogens with zero attached hydrogens (tertiary/aromatic N) is 1. The average molecular weight is 393 g/mol. The number of ether oxygens (including phenoxy) is 1. The van der Waals surface area contributed by atoms with Gasteiger partial charge in [0.2, 0.25) is 0 Å². The minimum Gasteiger partial charge on any atom is -0.374 e. The van der Waals surface area contributed by atoms with E-state index in [4.69, 9.17) is 27.9 Å². The predicted octanol–water partition coefficient (Wildman–Crippen LogP) is 3.84. The number of carbonyl (C=O) groups is 1. The van der Waals surface area contributed by atoms with E-state index in [0.29, 0.717) is 28.8 Å². The Morgan fingerprint density at radius 3 is 2.69 bits per heavy atom. The smallest absolute Gasteiger partial charge is 0.253 e. The molecule has 2 atom stereocenters. The molecule has 2 aromatic carbocycles. The third-order valence-electron chi connectivity index (χ3n) is 4.62. The summed E-state index contributed by atoms with van der Waals surface area (Å²) in [5, 5.41) is 4.45. The van der Waals surface area contributed by atoms with Gasteiger partial charge >= 0.3 is 0 Å². The van der Waals surface area contributed by atoms with Gasteiger partial charge in [-0.05, 0) is 29.8 Å². The lowest BCUT2D eigenvalue weighted by molar-refractivity contribution is 0.0270. The van der Waals surface area contributed by atoms with Crippen LogP contribution in [-0.4, -0.2) is 50.2 Å². The highest BCUT2D eigenvalue weighted by Crippen LogP contribution is 2.30. The van der Waals surface area contributed by atoms with Gasteiger partial charge in [-0.25, -0.2) is 0 Å². The molecule has 1 saturated heterocycles. The molecule has 1 fully saturated rings. The van der Waals surface area contributed by atoms with Crippen LogP contribution in [0.2, 0.25) is 10.0 Å². The summed E-state index contributed by atoms with van der Waals surface area (Å²) in [5.41, 5.74) is 1.73. The molecule has 0 aliphatic carbocycles. The van der Waals surface area contributed by atoms with Gasteiger partial charge in [0, 0.05) is 38.2 Å². The zero-order valence-corrected chi connectivity index (χ0v) is 16.1. The first-order valence-corrected chi connectivity index (χ1v) is 9.39. The van der Waals surface area contributed by atoms with E-state index in [1.165, 1.54) is 0 Å². The van der Waals surface area contributed by atoms with Crippen molar-refractivity contribution in [3.63, 3.8) is 0 Å². The molecule has 1 N–H and O–H groups in total. The number of benzene rings is 2. The molecular weight excluding hydrogens is 371 g/mol. The third-order valence-corrected chi connectivity index (χ3v) is 5.36. The second-order valence-electron chi connectivity index (χ2n) is 6.45. The monoisotopic (exact) mass is 392 g/mol. The molecule has 0 spiro atoms. The van der Waals surface area contributed by atoms with Gasteiger partial charge in [-0.2, -0.15) is 0 Å². The number of nitrogens with one attached hydrogen (secondary N) is 1. The highest BCUT2D eigenvalue weighted by Gasteiger charge is 2.29. The lowest BCUT2D eigenvalue weighted by Crippen LogP contribution is -2.39. The van der Waals surface area contributed by atoms with Crippen LogP contribution < -0.4 is 5.32 Å². The van der Waals surface area contributed by atoms with E-state index in [9.17, 15) is 4.79 Å². The first-order chi connectivity index (χ1) is 12.6. The van der Waals surface area contributed by atoms with Crippen molar-refractivity contribution < 1.29 is 9.53 Å². The molecule has 2 aromatic rings. The van der Waals surface area contributed by atoms with Gasteiger partial charge in [0.25, 0.3) is 5.91 Å². The zero-order chi connectivity index (χ0) is 18.5. The maximum Gasteiger partial charge on any atom is 0.253 e. The molecule has 1 amide bonds. The Hall–Kier alpha value is -1.59. The summed E-state index contributed by atoms with van der Waals surface area (Å²) >= 11 is 12.3. The van der Waals surface area contributed by atoms with Gasteiger partial charge in [0.1, 0.15) is 0 Å². The number of rotatable bonds is 4. The highest BCUT2D eigenvalue weighted by molar-refractivity contribution is 6.42. The normalized spacial score (nSPS) is 20.4. The van der Waals surface area contributed by atoms with Crippen molar-refractivity contribution in [1.82, 2.24) is 10.2 Å². The molecule has 0 radical (unpaired) electrons. The van der Waals surface area contributed by atoms with E-state index >= 15 is 0 Å². The van der Waals surface area contributed by atoms with Crippen molar-refractivity contribution in [2.24, 2.45) is 0 Å². The van der Waals surface area contributed by atoms with Crippen LogP contribution in [-0.2, 0) is 4.74 Å². The largest absolute Gasteiger partial charge is 0.374 e. The molecule has 0 saturated carbocycles. The summed E-state index contributed by atoms with van der Waals surface area (Å²) < 4.78 is 6.06. The van der Waals surface area contributed by atoms with E-state index in [2.05, 4.69) is 5.32 Å². The Balaban J connectivity index is 1.78. The second-order valence-corrected chi connectivity index (χ2v) is 7.26. The fourth-order valence-corrected chi connectivity index (χ4v) is 3.50. The van der Waals surface area contributed by atoms with Crippen molar-refractivity contribution >= 4 is 29.1 Å². The fraction of sp³-hybridized carbons (Fsp3) is 0.350. The maximum atomic E-state index is 12.7. The predicted molar refractivity (Wildman–Crippen MR) is 105 cm³/mol. The summed E-state index contributed by atoms with van der Waals surface area (Å²) in [5.74, 6) is 0.0672. The Morgan fingerprint density at radius 2 is 1.96 bits per heavy atom. The van der Waals surface area contributed by atoms with Crippen LogP contribution in [0.5, 0.6) is 0 Å². The van der Waals surface area contributed by atoms with E-state index in [0.717, 1.165) is 18.7 Å². The van der Waals surface area contributed by atoms with Crippen LogP contribution in [0.25, 0.3) is 0 Å². The van der Waals surface area contributed by atoms with E-state index in [1.807, 2.05) is 49.5 Å². The van der Waals surface area contributed by atoms with Crippen molar-refractivity contribution in [2.45, 2.75) is 12.0 Å². The maximum absolute atomic E-state index is 12.7. The molecule has 1 aliphatic rings. The minimum absolute atomic E-state index is 0.0145. The van der Waals surface area contributed by atoms with Crippen molar-refractivity contribution in [3.8, 4) is 0 Å². The third kappa shape index (κ3) is 4.57. The van der Waals surface area contributed by atoms with Crippen molar-refractivity contribution in [3.05, 3.63) is 69.7 Å². The van der Waals surface area contributed by atoms with E-state index < -0.39 is 0 Å². The van der Waals surface area contributed by atoms with E-state index in [1.54, 1.807) is 11.0 Å². The van der Waals surface area contributed by atoms with Crippen LogP contribution in [0.1, 0.15) is 21.8 Å². The topological polar surface area (TPSA) is 41.6 Å². The molecule has 0 bridgehead atoms. The number of likely N-dealkylation sites (N-methyl/N-ethyl adjacent to an activating group) is 1. The Labute approximate surface area is 164 Å². The number of hydrogen-bond acceptors (Lipinski definition) is 3. The number of hydrogen-bond donors (Lipinski definition) is 1. The SMILES string of the molecule is CN(C[C@@H]1OCCNC[C@@H]1c1ccc(Cl)c(Cl)c1)C(=O)c1ccccc1. The van der Waals surface area contributed by atoms with Gasteiger partial charge in [-0.1, -0.05) is 47.5 Å². The molecule has 1 aliphatic heterocycles. The molecule has 6 heteroatoms. The van der Waals surface area contributed by atoms with Crippen LogP contribution in [0.15, 0.2) is 48.5 Å². The first-order valence-electron chi connectivity index (χ1n) is 8.64. The minimum atomic E-state index is -0.125. The average Bonchev–Trinajstić information content (AvgIpc) is 2.89. The van der Waals surface area contributed by atoms with Gasteiger partial charge in [0.15, 0.2) is 0 Å². The summed E-state index contributed by atoms with van der Waals surface area (Å²) in [6.07, 6.45) is -0.125.